The molecule has 0 spiro atoms. The van der Waals surface area contributed by atoms with E-state index in [0.29, 0.717) is 29.6 Å². The maximum atomic E-state index is 13.0. The fraction of sp³-hybridized carbons (Fsp3) is 0.250. The van der Waals surface area contributed by atoms with Crippen molar-refractivity contribution in [1.82, 2.24) is 19.9 Å². The lowest BCUT2D eigenvalue weighted by Gasteiger charge is -2.20. The second-order valence-corrected chi connectivity index (χ2v) is 5.87. The third kappa shape index (κ3) is 4.08. The molecule has 0 saturated heterocycles. The highest BCUT2D eigenvalue weighted by Crippen LogP contribution is 2.25. The molecule has 7 nitrogen and oxygen atoms in total. The zero-order valence-corrected chi connectivity index (χ0v) is 15.5. The van der Waals surface area contributed by atoms with Crippen molar-refractivity contribution < 1.29 is 14.3 Å². The van der Waals surface area contributed by atoms with E-state index in [2.05, 4.69) is 15.3 Å². The third-order valence-corrected chi connectivity index (χ3v) is 4.12. The van der Waals surface area contributed by atoms with E-state index >= 15 is 0 Å². The van der Waals surface area contributed by atoms with Crippen molar-refractivity contribution in [2.24, 2.45) is 7.05 Å². The van der Waals surface area contributed by atoms with Crippen LogP contribution in [0.1, 0.15) is 34.7 Å². The minimum Gasteiger partial charge on any atom is -0.497 e. The molecule has 0 bridgehead atoms. The van der Waals surface area contributed by atoms with Gasteiger partial charge in [-0.3, -0.25) is 4.79 Å². The number of pyridine rings is 1. The van der Waals surface area contributed by atoms with Crippen molar-refractivity contribution in [3.05, 3.63) is 71.9 Å². The van der Waals surface area contributed by atoms with Crippen LogP contribution in [0, 0.1) is 0 Å². The molecule has 140 valence electrons. The summed E-state index contributed by atoms with van der Waals surface area (Å²) in [5.41, 5.74) is 1.24. The van der Waals surface area contributed by atoms with E-state index in [-0.39, 0.29) is 5.91 Å². The van der Waals surface area contributed by atoms with Gasteiger partial charge >= 0.3 is 0 Å². The maximum Gasteiger partial charge on any atom is 0.257 e. The monoisotopic (exact) mass is 366 g/mol. The lowest BCUT2D eigenvalue weighted by Crippen LogP contribution is -2.31. The number of hydrogen-bond donors (Lipinski definition) is 1. The molecule has 0 aliphatic carbocycles. The first-order valence-electron chi connectivity index (χ1n) is 8.64. The van der Waals surface area contributed by atoms with Gasteiger partial charge in [0, 0.05) is 25.6 Å². The molecule has 1 N–H and O–H groups in total. The Labute approximate surface area is 158 Å². The molecule has 0 aliphatic heterocycles. The van der Waals surface area contributed by atoms with Crippen LogP contribution < -0.4 is 14.8 Å². The molecule has 1 amide bonds. The average molecular weight is 366 g/mol. The van der Waals surface area contributed by atoms with Crippen LogP contribution in [0.2, 0.25) is 0 Å². The summed E-state index contributed by atoms with van der Waals surface area (Å²) in [6, 6.07) is 10.5. The number of rotatable bonds is 7. The number of aromatic nitrogens is 3. The number of amides is 1. The van der Waals surface area contributed by atoms with Crippen molar-refractivity contribution in [2.45, 2.75) is 13.0 Å². The average Bonchev–Trinajstić information content (AvgIpc) is 3.12. The van der Waals surface area contributed by atoms with Gasteiger partial charge in [-0.1, -0.05) is 12.1 Å². The SMILES string of the molecule is CCOc1ncccc1C(=O)NC(c1cccc(OC)c1)c1nccn1C. The van der Waals surface area contributed by atoms with Crippen LogP contribution in [0.3, 0.4) is 0 Å². The molecule has 1 aromatic carbocycles. The normalized spacial score (nSPS) is 11.7. The molecular formula is C20H22N4O3. The second-order valence-electron chi connectivity index (χ2n) is 5.87. The summed E-state index contributed by atoms with van der Waals surface area (Å²) in [6.07, 6.45) is 5.13. The fourth-order valence-corrected chi connectivity index (χ4v) is 2.80. The summed E-state index contributed by atoms with van der Waals surface area (Å²) in [7, 11) is 3.49. The maximum absolute atomic E-state index is 13.0. The molecule has 0 fully saturated rings. The van der Waals surface area contributed by atoms with Crippen LogP contribution in [0.5, 0.6) is 11.6 Å². The Balaban J connectivity index is 1.97. The number of imidazole rings is 1. The summed E-state index contributed by atoms with van der Waals surface area (Å²) in [5, 5.41) is 3.05. The lowest BCUT2D eigenvalue weighted by atomic mass is 10.0. The lowest BCUT2D eigenvalue weighted by molar-refractivity contribution is 0.0936. The quantitative estimate of drug-likeness (QED) is 0.696. The van der Waals surface area contributed by atoms with Gasteiger partial charge in [0.1, 0.15) is 23.2 Å². The van der Waals surface area contributed by atoms with E-state index in [1.807, 2.05) is 49.0 Å². The molecule has 0 aliphatic rings. The number of methoxy groups -OCH3 is 1. The summed E-state index contributed by atoms with van der Waals surface area (Å²) in [5.74, 6) is 1.43. The Morgan fingerprint density at radius 1 is 1.22 bits per heavy atom. The predicted octanol–water partition coefficient (Wildman–Crippen LogP) is 2.74. The van der Waals surface area contributed by atoms with Gasteiger partial charge in [-0.05, 0) is 36.8 Å². The van der Waals surface area contributed by atoms with Gasteiger partial charge in [-0.2, -0.15) is 0 Å². The molecular weight excluding hydrogens is 344 g/mol. The molecule has 2 heterocycles. The third-order valence-electron chi connectivity index (χ3n) is 4.12. The number of carbonyl (C=O) groups is 1. The molecule has 1 unspecified atom stereocenters. The Kier molecular flexibility index (Phi) is 5.71. The van der Waals surface area contributed by atoms with Crippen LogP contribution in [-0.4, -0.2) is 34.2 Å². The minimum absolute atomic E-state index is 0.289. The first kappa shape index (κ1) is 18.4. The second kappa shape index (κ2) is 8.35. The van der Waals surface area contributed by atoms with Crippen molar-refractivity contribution in [2.75, 3.05) is 13.7 Å². The highest BCUT2D eigenvalue weighted by molar-refractivity contribution is 5.96. The van der Waals surface area contributed by atoms with Crippen molar-refractivity contribution >= 4 is 5.91 Å². The minimum atomic E-state index is -0.456. The number of nitrogens with one attached hydrogen (secondary N) is 1. The fourth-order valence-electron chi connectivity index (χ4n) is 2.80. The van der Waals surface area contributed by atoms with Crippen LogP contribution in [-0.2, 0) is 7.05 Å². The number of hydrogen-bond acceptors (Lipinski definition) is 5. The number of ether oxygens (including phenoxy) is 2. The number of nitrogens with zero attached hydrogens (tertiary/aromatic N) is 3. The van der Waals surface area contributed by atoms with Gasteiger partial charge in [0.25, 0.3) is 5.91 Å². The van der Waals surface area contributed by atoms with Gasteiger partial charge in [0.2, 0.25) is 5.88 Å². The standard InChI is InChI=1S/C20H22N4O3/c1-4-27-20-16(9-6-10-22-20)19(25)23-17(18-21-11-12-24(18)2)14-7-5-8-15(13-14)26-3/h5-13,17H,4H2,1-3H3,(H,23,25). The topological polar surface area (TPSA) is 78.3 Å². The molecule has 3 aromatic rings. The first-order chi connectivity index (χ1) is 13.1. The van der Waals surface area contributed by atoms with Crippen LogP contribution in [0.4, 0.5) is 0 Å². The van der Waals surface area contributed by atoms with Gasteiger partial charge in [0.15, 0.2) is 0 Å². The smallest absolute Gasteiger partial charge is 0.257 e. The zero-order chi connectivity index (χ0) is 19.2. The van der Waals surface area contributed by atoms with E-state index in [0.717, 1.165) is 5.56 Å². The Bertz CT molecular complexity index is 923. The summed E-state index contributed by atoms with van der Waals surface area (Å²) >= 11 is 0. The van der Waals surface area contributed by atoms with E-state index in [9.17, 15) is 4.79 Å². The summed E-state index contributed by atoms with van der Waals surface area (Å²) in [6.45, 7) is 2.28. The summed E-state index contributed by atoms with van der Waals surface area (Å²) in [4.78, 5) is 21.6. The molecule has 1 atom stereocenters. The van der Waals surface area contributed by atoms with Gasteiger partial charge < -0.3 is 19.4 Å². The predicted molar refractivity (Wildman–Crippen MR) is 101 cm³/mol. The number of carbonyl (C=O) groups excluding carboxylic acids is 1. The van der Waals surface area contributed by atoms with E-state index in [1.54, 1.807) is 31.6 Å². The van der Waals surface area contributed by atoms with Crippen molar-refractivity contribution in [1.29, 1.82) is 0 Å². The van der Waals surface area contributed by atoms with Crippen LogP contribution >= 0.6 is 0 Å². The van der Waals surface area contributed by atoms with E-state index in [4.69, 9.17) is 9.47 Å². The van der Waals surface area contributed by atoms with Gasteiger partial charge in [-0.15, -0.1) is 0 Å². The van der Waals surface area contributed by atoms with E-state index in [1.165, 1.54) is 0 Å². The molecule has 3 rings (SSSR count). The molecule has 0 saturated carbocycles. The summed E-state index contributed by atoms with van der Waals surface area (Å²) < 4.78 is 12.7. The Morgan fingerprint density at radius 2 is 2.07 bits per heavy atom. The van der Waals surface area contributed by atoms with E-state index < -0.39 is 6.04 Å². The first-order valence-corrected chi connectivity index (χ1v) is 8.64. The van der Waals surface area contributed by atoms with Crippen LogP contribution in [0.15, 0.2) is 55.0 Å². The Morgan fingerprint density at radius 3 is 2.78 bits per heavy atom. The Hall–Kier alpha value is -3.35. The van der Waals surface area contributed by atoms with Gasteiger partial charge in [0.05, 0.1) is 13.7 Å². The van der Waals surface area contributed by atoms with Gasteiger partial charge in [-0.25, -0.2) is 9.97 Å². The molecule has 7 heteroatoms. The number of aryl methyl sites for hydroxylation is 1. The molecule has 0 radical (unpaired) electrons. The van der Waals surface area contributed by atoms with Crippen LogP contribution in [0.25, 0.3) is 0 Å². The largest absolute Gasteiger partial charge is 0.497 e. The number of benzene rings is 1. The highest BCUT2D eigenvalue weighted by Gasteiger charge is 2.23. The van der Waals surface area contributed by atoms with Crippen molar-refractivity contribution in [3.8, 4) is 11.6 Å². The molecule has 2 aromatic heterocycles. The molecule has 27 heavy (non-hydrogen) atoms. The highest BCUT2D eigenvalue weighted by atomic mass is 16.5. The zero-order valence-electron chi connectivity index (χ0n) is 15.5. The van der Waals surface area contributed by atoms with Crippen molar-refractivity contribution in [3.63, 3.8) is 0 Å².